The van der Waals surface area contributed by atoms with E-state index < -0.39 is 6.10 Å². The molecule has 1 aromatic rings. The van der Waals surface area contributed by atoms with Crippen LogP contribution < -0.4 is 20.1 Å². The van der Waals surface area contributed by atoms with Crippen LogP contribution in [0.2, 0.25) is 0 Å². The Morgan fingerprint density at radius 3 is 2.50 bits per heavy atom. The molecule has 1 saturated heterocycles. The molecule has 2 aliphatic rings. The molecule has 3 rings (SSSR count). The fourth-order valence-corrected chi connectivity index (χ4v) is 3.89. The SMILES string of the molecule is CCNC(=NCC(O)c1cc(OC)cc(OC)c1)NC1CC(C)N(C2CC2)C1. The van der Waals surface area contributed by atoms with Gasteiger partial charge in [-0.3, -0.25) is 9.89 Å². The van der Waals surface area contributed by atoms with E-state index in [4.69, 9.17) is 9.47 Å². The Bertz CT molecular complexity index is 655. The van der Waals surface area contributed by atoms with E-state index in [-0.39, 0.29) is 6.54 Å². The highest BCUT2D eigenvalue weighted by Gasteiger charge is 2.38. The van der Waals surface area contributed by atoms with Crippen LogP contribution in [0, 0.1) is 0 Å². The summed E-state index contributed by atoms with van der Waals surface area (Å²) in [6.07, 6.45) is 3.06. The number of nitrogens with one attached hydrogen (secondary N) is 2. The fourth-order valence-electron chi connectivity index (χ4n) is 3.89. The first-order chi connectivity index (χ1) is 13.5. The van der Waals surface area contributed by atoms with Crippen molar-refractivity contribution in [2.75, 3.05) is 33.9 Å². The highest BCUT2D eigenvalue weighted by Crippen LogP contribution is 2.33. The molecule has 3 N–H and O–H groups in total. The van der Waals surface area contributed by atoms with Gasteiger partial charge < -0.3 is 25.2 Å². The van der Waals surface area contributed by atoms with E-state index in [1.165, 1.54) is 12.8 Å². The third kappa shape index (κ3) is 5.29. The van der Waals surface area contributed by atoms with Crippen LogP contribution in [0.1, 0.15) is 44.8 Å². The Kier molecular flexibility index (Phi) is 7.02. The first-order valence-electron chi connectivity index (χ1n) is 10.3. The lowest BCUT2D eigenvalue weighted by molar-refractivity contribution is 0.186. The zero-order chi connectivity index (χ0) is 20.1. The number of hydrogen-bond acceptors (Lipinski definition) is 5. The van der Waals surface area contributed by atoms with Gasteiger partial charge in [-0.25, -0.2) is 0 Å². The number of methoxy groups -OCH3 is 2. The minimum atomic E-state index is -0.732. The summed E-state index contributed by atoms with van der Waals surface area (Å²) in [5.41, 5.74) is 0.727. The summed E-state index contributed by atoms with van der Waals surface area (Å²) in [5.74, 6) is 2.07. The van der Waals surface area contributed by atoms with E-state index in [9.17, 15) is 5.11 Å². The monoisotopic (exact) mass is 390 g/mol. The van der Waals surface area contributed by atoms with Crippen molar-refractivity contribution < 1.29 is 14.6 Å². The largest absolute Gasteiger partial charge is 0.497 e. The quantitative estimate of drug-likeness (QED) is 0.465. The smallest absolute Gasteiger partial charge is 0.191 e. The van der Waals surface area contributed by atoms with Gasteiger partial charge in [-0.15, -0.1) is 0 Å². The van der Waals surface area contributed by atoms with Gasteiger partial charge in [0.1, 0.15) is 11.5 Å². The molecule has 0 spiro atoms. The molecule has 0 aromatic heterocycles. The summed E-state index contributed by atoms with van der Waals surface area (Å²) < 4.78 is 10.6. The number of aliphatic imine (C=N–C) groups is 1. The second-order valence-electron chi connectivity index (χ2n) is 7.74. The molecule has 1 aliphatic carbocycles. The summed E-state index contributed by atoms with van der Waals surface area (Å²) in [7, 11) is 3.20. The van der Waals surface area contributed by atoms with E-state index in [0.29, 0.717) is 23.6 Å². The third-order valence-corrected chi connectivity index (χ3v) is 5.50. The second kappa shape index (κ2) is 9.47. The number of ether oxygens (including phenoxy) is 2. The van der Waals surface area contributed by atoms with Gasteiger partial charge in [-0.1, -0.05) is 0 Å². The van der Waals surface area contributed by atoms with E-state index in [2.05, 4.69) is 27.4 Å². The average Bonchev–Trinajstić information content (AvgIpc) is 3.48. The number of hydrogen-bond donors (Lipinski definition) is 3. The third-order valence-electron chi connectivity index (χ3n) is 5.50. The van der Waals surface area contributed by atoms with Crippen molar-refractivity contribution in [1.29, 1.82) is 0 Å². The first kappa shape index (κ1) is 20.7. The molecule has 1 aliphatic heterocycles. The summed E-state index contributed by atoms with van der Waals surface area (Å²) in [5, 5.41) is 17.5. The molecule has 0 bridgehead atoms. The van der Waals surface area contributed by atoms with Gasteiger partial charge in [-0.2, -0.15) is 0 Å². The molecule has 28 heavy (non-hydrogen) atoms. The number of guanidine groups is 1. The highest BCUT2D eigenvalue weighted by molar-refractivity contribution is 5.80. The predicted molar refractivity (Wildman–Crippen MR) is 111 cm³/mol. The Morgan fingerprint density at radius 1 is 1.25 bits per heavy atom. The van der Waals surface area contributed by atoms with E-state index >= 15 is 0 Å². The van der Waals surface area contributed by atoms with Crippen molar-refractivity contribution in [1.82, 2.24) is 15.5 Å². The van der Waals surface area contributed by atoms with E-state index in [0.717, 1.165) is 37.1 Å². The fraction of sp³-hybridized carbons (Fsp3) is 0.667. The van der Waals surface area contributed by atoms with Crippen molar-refractivity contribution in [3.63, 3.8) is 0 Å². The minimum absolute atomic E-state index is 0.264. The Morgan fingerprint density at radius 2 is 1.93 bits per heavy atom. The lowest BCUT2D eigenvalue weighted by Gasteiger charge is -2.20. The molecule has 1 heterocycles. The number of aliphatic hydroxyl groups is 1. The van der Waals surface area contributed by atoms with Crippen molar-refractivity contribution in [3.8, 4) is 11.5 Å². The lowest BCUT2D eigenvalue weighted by Crippen LogP contribution is -2.45. The number of rotatable bonds is 8. The molecule has 3 unspecified atom stereocenters. The molecule has 156 valence electrons. The number of benzene rings is 1. The summed E-state index contributed by atoms with van der Waals surface area (Å²) in [6.45, 7) is 6.47. The molecular weight excluding hydrogens is 356 g/mol. The van der Waals surface area contributed by atoms with Gasteiger partial charge in [0.2, 0.25) is 0 Å². The maximum Gasteiger partial charge on any atom is 0.191 e. The molecular formula is C21H34N4O3. The van der Waals surface area contributed by atoms with Crippen LogP contribution >= 0.6 is 0 Å². The predicted octanol–water partition coefficient (Wildman–Crippen LogP) is 1.92. The summed E-state index contributed by atoms with van der Waals surface area (Å²) >= 11 is 0. The van der Waals surface area contributed by atoms with Crippen LogP contribution in [0.25, 0.3) is 0 Å². The number of aliphatic hydroxyl groups excluding tert-OH is 1. The van der Waals surface area contributed by atoms with Crippen molar-refractivity contribution in [2.24, 2.45) is 4.99 Å². The normalized spacial score (nSPS) is 24.1. The molecule has 7 heteroatoms. The maximum atomic E-state index is 10.6. The van der Waals surface area contributed by atoms with Gasteiger partial charge in [-0.05, 0) is 50.8 Å². The van der Waals surface area contributed by atoms with Crippen molar-refractivity contribution >= 4 is 5.96 Å². The van der Waals surface area contributed by atoms with Gasteiger partial charge in [0.25, 0.3) is 0 Å². The zero-order valence-corrected chi connectivity index (χ0v) is 17.4. The van der Waals surface area contributed by atoms with Gasteiger partial charge in [0, 0.05) is 37.3 Å². The second-order valence-corrected chi connectivity index (χ2v) is 7.74. The van der Waals surface area contributed by atoms with Crippen LogP contribution in [0.5, 0.6) is 11.5 Å². The number of nitrogens with zero attached hydrogens (tertiary/aromatic N) is 2. The first-order valence-corrected chi connectivity index (χ1v) is 10.3. The van der Waals surface area contributed by atoms with Crippen LogP contribution in [0.3, 0.4) is 0 Å². The molecule has 0 radical (unpaired) electrons. The molecule has 1 saturated carbocycles. The molecule has 0 amide bonds. The Labute approximate surface area is 168 Å². The van der Waals surface area contributed by atoms with E-state index in [1.54, 1.807) is 20.3 Å². The number of likely N-dealkylation sites (tertiary alicyclic amines) is 1. The van der Waals surface area contributed by atoms with Crippen LogP contribution in [-0.4, -0.2) is 67.9 Å². The summed E-state index contributed by atoms with van der Waals surface area (Å²) in [6, 6.07) is 7.21. The topological polar surface area (TPSA) is 78.4 Å². The molecule has 3 atom stereocenters. The molecule has 7 nitrogen and oxygen atoms in total. The van der Waals surface area contributed by atoms with E-state index in [1.807, 2.05) is 19.1 Å². The zero-order valence-electron chi connectivity index (χ0n) is 17.4. The molecule has 1 aromatic carbocycles. The lowest BCUT2D eigenvalue weighted by atomic mass is 10.1. The highest BCUT2D eigenvalue weighted by atomic mass is 16.5. The van der Waals surface area contributed by atoms with Gasteiger partial charge in [0.15, 0.2) is 5.96 Å². The minimum Gasteiger partial charge on any atom is -0.497 e. The summed E-state index contributed by atoms with van der Waals surface area (Å²) in [4.78, 5) is 7.23. The van der Waals surface area contributed by atoms with Gasteiger partial charge >= 0.3 is 0 Å². The van der Waals surface area contributed by atoms with Gasteiger partial charge in [0.05, 0.1) is 26.9 Å². The van der Waals surface area contributed by atoms with Crippen LogP contribution in [0.4, 0.5) is 0 Å². The van der Waals surface area contributed by atoms with Crippen LogP contribution in [-0.2, 0) is 0 Å². The van der Waals surface area contributed by atoms with Crippen LogP contribution in [0.15, 0.2) is 23.2 Å². The molecule has 2 fully saturated rings. The average molecular weight is 391 g/mol. The van der Waals surface area contributed by atoms with Crippen molar-refractivity contribution in [2.45, 2.75) is 57.3 Å². The Hall–Kier alpha value is -1.99. The van der Waals surface area contributed by atoms with Crippen molar-refractivity contribution in [3.05, 3.63) is 23.8 Å². The maximum absolute atomic E-state index is 10.6. The standard InChI is InChI=1S/C21H34N4O3/c1-5-22-21(24-16-8-14(2)25(13-16)17-6-7-17)23-12-20(26)15-9-18(27-3)11-19(10-15)28-4/h9-11,14,16-17,20,26H,5-8,12-13H2,1-4H3,(H2,22,23,24). The Balaban J connectivity index is 1.62.